The van der Waals surface area contributed by atoms with Crippen molar-refractivity contribution in [3.63, 3.8) is 0 Å². The summed E-state index contributed by atoms with van der Waals surface area (Å²) >= 11 is 6.10. The van der Waals surface area contributed by atoms with E-state index in [4.69, 9.17) is 16.0 Å². The predicted octanol–water partition coefficient (Wildman–Crippen LogP) is 5.06. The number of hydrogen-bond donors (Lipinski definition) is 0. The molecular weight excluding hydrogens is 357 g/mol. The lowest BCUT2D eigenvalue weighted by atomic mass is 10.2. The molecule has 130 valence electrons. The fraction of sp³-hybridized carbons (Fsp3) is 0.176. The van der Waals surface area contributed by atoms with E-state index in [1.54, 1.807) is 24.3 Å². The second-order valence-electron chi connectivity index (χ2n) is 5.20. The first-order valence-corrected chi connectivity index (χ1v) is 7.73. The zero-order valence-corrected chi connectivity index (χ0v) is 13.7. The quantitative estimate of drug-likeness (QED) is 0.649. The molecule has 0 saturated carbocycles. The normalized spacial score (nSPS) is 11.7. The minimum Gasteiger partial charge on any atom is -0.436 e. The number of rotatable bonds is 3. The molecule has 0 fully saturated rings. The summed E-state index contributed by atoms with van der Waals surface area (Å²) in [6, 6.07) is 11.2. The number of amides is 1. The Kier molecular flexibility index (Phi) is 4.43. The minimum atomic E-state index is -4.95. The van der Waals surface area contributed by atoms with Gasteiger partial charge >= 0.3 is 12.1 Å². The fourth-order valence-corrected chi connectivity index (χ4v) is 2.64. The summed E-state index contributed by atoms with van der Waals surface area (Å²) in [5, 5.41) is 0.441. The van der Waals surface area contributed by atoms with Gasteiger partial charge in [0, 0.05) is 18.3 Å². The van der Waals surface area contributed by atoms with Crippen LogP contribution in [0.3, 0.4) is 0 Å². The number of fused-ring (bicyclic) bond motifs is 1. The van der Waals surface area contributed by atoms with Crippen LogP contribution in [0, 0.1) is 0 Å². The van der Waals surface area contributed by atoms with Gasteiger partial charge in [0.1, 0.15) is 5.52 Å². The number of benzene rings is 2. The van der Waals surface area contributed by atoms with Crippen LogP contribution in [0.5, 0.6) is 0 Å². The molecule has 0 aliphatic heterocycles. The number of anilines is 1. The van der Waals surface area contributed by atoms with Crippen LogP contribution in [0.2, 0.25) is 5.02 Å². The number of carbonyl (C=O) groups excluding carboxylic acids is 1. The van der Waals surface area contributed by atoms with E-state index < -0.39 is 12.1 Å². The van der Waals surface area contributed by atoms with Crippen molar-refractivity contribution in [2.45, 2.75) is 13.1 Å². The molecule has 0 aliphatic carbocycles. The summed E-state index contributed by atoms with van der Waals surface area (Å²) in [5.41, 5.74) is 1.37. The molecule has 0 spiro atoms. The van der Waals surface area contributed by atoms with Gasteiger partial charge in [0.05, 0.1) is 10.6 Å². The Bertz CT molecular complexity index is 937. The van der Waals surface area contributed by atoms with Crippen LogP contribution >= 0.6 is 11.6 Å². The van der Waals surface area contributed by atoms with Crippen LogP contribution in [0.4, 0.5) is 18.9 Å². The molecule has 0 unspecified atom stereocenters. The summed E-state index contributed by atoms with van der Waals surface area (Å²) in [6.07, 6.45) is -4.95. The molecule has 1 amide bonds. The van der Waals surface area contributed by atoms with Gasteiger partial charge in [-0.15, -0.1) is 0 Å². The topological polar surface area (TPSA) is 46.3 Å². The predicted molar refractivity (Wildman–Crippen MR) is 88.5 cm³/mol. The van der Waals surface area contributed by atoms with Gasteiger partial charge in [-0.1, -0.05) is 23.7 Å². The molecule has 1 aromatic heterocycles. The van der Waals surface area contributed by atoms with Crippen LogP contribution in [0.1, 0.15) is 6.92 Å². The van der Waals surface area contributed by atoms with Gasteiger partial charge in [-0.3, -0.25) is 4.79 Å². The largest absolute Gasteiger partial charge is 0.471 e. The first-order chi connectivity index (χ1) is 11.8. The molecule has 0 radical (unpaired) electrons. The smallest absolute Gasteiger partial charge is 0.436 e. The molecule has 0 aliphatic rings. The van der Waals surface area contributed by atoms with E-state index in [0.717, 1.165) is 0 Å². The molecule has 25 heavy (non-hydrogen) atoms. The Balaban J connectivity index is 2.03. The summed E-state index contributed by atoms with van der Waals surface area (Å²) in [6.45, 7) is 1.33. The SMILES string of the molecule is CCN(C(=O)C(F)(F)F)c1ccc2nc(-c3ccccc3Cl)oc2c1. The summed E-state index contributed by atoms with van der Waals surface area (Å²) in [7, 11) is 0. The van der Waals surface area contributed by atoms with Crippen LogP contribution in [0.25, 0.3) is 22.6 Å². The minimum absolute atomic E-state index is 0.0826. The summed E-state index contributed by atoms with van der Waals surface area (Å²) in [4.78, 5) is 16.5. The van der Waals surface area contributed by atoms with Gasteiger partial charge < -0.3 is 9.32 Å². The third-order valence-corrected chi connectivity index (χ3v) is 3.92. The van der Waals surface area contributed by atoms with Crippen molar-refractivity contribution >= 4 is 34.3 Å². The van der Waals surface area contributed by atoms with Gasteiger partial charge in [-0.2, -0.15) is 13.2 Å². The van der Waals surface area contributed by atoms with Gasteiger partial charge in [0.15, 0.2) is 5.58 Å². The number of carbonyl (C=O) groups is 1. The van der Waals surface area contributed by atoms with Crippen molar-refractivity contribution in [3.8, 4) is 11.5 Å². The Morgan fingerprint density at radius 3 is 2.60 bits per heavy atom. The highest BCUT2D eigenvalue weighted by molar-refractivity contribution is 6.33. The lowest BCUT2D eigenvalue weighted by Crippen LogP contribution is -2.41. The van der Waals surface area contributed by atoms with Crippen LogP contribution in [0.15, 0.2) is 46.9 Å². The van der Waals surface area contributed by atoms with Crippen molar-refractivity contribution in [1.29, 1.82) is 0 Å². The van der Waals surface area contributed by atoms with Gasteiger partial charge in [0.2, 0.25) is 5.89 Å². The van der Waals surface area contributed by atoms with E-state index in [1.165, 1.54) is 25.1 Å². The van der Waals surface area contributed by atoms with E-state index in [-0.39, 0.29) is 23.7 Å². The van der Waals surface area contributed by atoms with Crippen LogP contribution in [-0.2, 0) is 4.79 Å². The summed E-state index contributed by atoms with van der Waals surface area (Å²) in [5.74, 6) is -1.68. The Hall–Kier alpha value is -2.54. The molecule has 3 rings (SSSR count). The first kappa shape index (κ1) is 17.3. The van der Waals surface area contributed by atoms with Gasteiger partial charge in [-0.25, -0.2) is 4.98 Å². The second kappa shape index (κ2) is 6.40. The van der Waals surface area contributed by atoms with Crippen molar-refractivity contribution in [2.75, 3.05) is 11.4 Å². The van der Waals surface area contributed by atoms with Crippen molar-refractivity contribution in [2.24, 2.45) is 0 Å². The Labute approximate surface area is 145 Å². The highest BCUT2D eigenvalue weighted by Crippen LogP contribution is 2.32. The average molecular weight is 369 g/mol. The number of hydrogen-bond acceptors (Lipinski definition) is 3. The highest BCUT2D eigenvalue weighted by atomic mass is 35.5. The lowest BCUT2D eigenvalue weighted by molar-refractivity contribution is -0.170. The number of nitrogens with zero attached hydrogens (tertiary/aromatic N) is 2. The van der Waals surface area contributed by atoms with Gasteiger partial charge in [-0.05, 0) is 31.2 Å². The van der Waals surface area contributed by atoms with Crippen molar-refractivity contribution in [1.82, 2.24) is 4.98 Å². The Morgan fingerprint density at radius 2 is 1.96 bits per heavy atom. The van der Waals surface area contributed by atoms with Crippen LogP contribution in [-0.4, -0.2) is 23.6 Å². The third kappa shape index (κ3) is 3.32. The molecule has 0 bridgehead atoms. The Morgan fingerprint density at radius 1 is 1.24 bits per heavy atom. The molecule has 2 aromatic carbocycles. The third-order valence-electron chi connectivity index (χ3n) is 3.59. The molecule has 4 nitrogen and oxygen atoms in total. The van der Waals surface area contributed by atoms with Crippen molar-refractivity contribution in [3.05, 3.63) is 47.5 Å². The summed E-state index contributed by atoms with van der Waals surface area (Å²) < 4.78 is 43.8. The maximum Gasteiger partial charge on any atom is 0.471 e. The average Bonchev–Trinajstić information content (AvgIpc) is 2.98. The maximum atomic E-state index is 12.7. The second-order valence-corrected chi connectivity index (χ2v) is 5.61. The van der Waals surface area contributed by atoms with E-state index in [0.29, 0.717) is 21.0 Å². The zero-order chi connectivity index (χ0) is 18.2. The number of oxazole rings is 1. The molecule has 0 atom stereocenters. The number of aromatic nitrogens is 1. The standard InChI is InChI=1S/C17H12ClF3N2O2/c1-2-23(16(24)17(19,20)21)10-7-8-13-14(9-10)25-15(22-13)11-5-3-4-6-12(11)18/h3-9H,2H2,1H3. The molecular formula is C17H12ClF3N2O2. The molecule has 0 N–H and O–H groups in total. The van der Waals surface area contributed by atoms with E-state index in [2.05, 4.69) is 4.98 Å². The highest BCUT2D eigenvalue weighted by Gasteiger charge is 2.42. The first-order valence-electron chi connectivity index (χ1n) is 7.35. The lowest BCUT2D eigenvalue weighted by Gasteiger charge is -2.21. The molecule has 8 heteroatoms. The molecule has 0 saturated heterocycles. The monoisotopic (exact) mass is 368 g/mol. The number of halogens is 4. The van der Waals surface area contributed by atoms with Crippen LogP contribution < -0.4 is 4.90 Å². The van der Waals surface area contributed by atoms with E-state index in [1.807, 2.05) is 0 Å². The zero-order valence-electron chi connectivity index (χ0n) is 13.0. The maximum absolute atomic E-state index is 12.7. The van der Waals surface area contributed by atoms with E-state index >= 15 is 0 Å². The van der Waals surface area contributed by atoms with Crippen molar-refractivity contribution < 1.29 is 22.4 Å². The molecule has 3 aromatic rings. The van der Waals surface area contributed by atoms with Gasteiger partial charge in [0.25, 0.3) is 0 Å². The van der Waals surface area contributed by atoms with E-state index in [9.17, 15) is 18.0 Å². The molecule has 1 heterocycles. The number of alkyl halides is 3. The fourth-order valence-electron chi connectivity index (χ4n) is 2.43.